The topological polar surface area (TPSA) is 0 Å². The van der Waals surface area contributed by atoms with Gasteiger partial charge in [0, 0.05) is 24.6 Å². The van der Waals surface area contributed by atoms with Gasteiger partial charge in [0.25, 0.3) is 0 Å². The minimum absolute atomic E-state index is 1.10. The first-order valence-corrected chi connectivity index (χ1v) is 10.2. The maximum Gasteiger partial charge on any atom is 0.0361 e. The molecule has 0 N–H and O–H groups in total. The molecular formula is C24H15BrS. The van der Waals surface area contributed by atoms with Crippen LogP contribution >= 0.6 is 27.3 Å². The predicted molar refractivity (Wildman–Crippen MR) is 118 cm³/mol. The number of hydrogen-bond donors (Lipinski definition) is 0. The zero-order valence-corrected chi connectivity index (χ0v) is 16.3. The minimum Gasteiger partial charge on any atom is -0.135 e. The van der Waals surface area contributed by atoms with Crippen LogP contribution in [-0.2, 0) is 0 Å². The Kier molecular flexibility index (Phi) is 3.88. The Morgan fingerprint density at radius 2 is 1.31 bits per heavy atom. The summed E-state index contributed by atoms with van der Waals surface area (Å²) in [6.07, 6.45) is 0. The molecule has 0 nitrogen and oxygen atoms in total. The Morgan fingerprint density at radius 1 is 0.538 bits per heavy atom. The number of rotatable bonds is 2. The van der Waals surface area contributed by atoms with Crippen LogP contribution in [0.1, 0.15) is 0 Å². The fraction of sp³-hybridized carbons (Fsp3) is 0. The zero-order chi connectivity index (χ0) is 17.5. The van der Waals surface area contributed by atoms with Gasteiger partial charge < -0.3 is 0 Å². The van der Waals surface area contributed by atoms with Gasteiger partial charge in [-0.1, -0.05) is 82.7 Å². The molecule has 0 bridgehead atoms. The molecule has 1 heterocycles. The molecule has 5 rings (SSSR count). The zero-order valence-electron chi connectivity index (χ0n) is 13.9. The van der Waals surface area contributed by atoms with Gasteiger partial charge in [0.05, 0.1) is 0 Å². The van der Waals surface area contributed by atoms with Crippen molar-refractivity contribution in [1.29, 1.82) is 0 Å². The van der Waals surface area contributed by atoms with Crippen LogP contribution in [0.2, 0.25) is 0 Å². The molecule has 0 amide bonds. The van der Waals surface area contributed by atoms with E-state index in [9.17, 15) is 0 Å². The highest BCUT2D eigenvalue weighted by atomic mass is 79.9. The number of thiophene rings is 1. The van der Waals surface area contributed by atoms with Crippen molar-refractivity contribution in [1.82, 2.24) is 0 Å². The minimum atomic E-state index is 1.10. The number of benzene rings is 4. The van der Waals surface area contributed by atoms with E-state index in [2.05, 4.69) is 107 Å². The second-order valence-electron chi connectivity index (χ2n) is 6.37. The van der Waals surface area contributed by atoms with Crippen LogP contribution < -0.4 is 0 Å². The lowest BCUT2D eigenvalue weighted by Crippen LogP contribution is -1.85. The Bertz CT molecular complexity index is 1240. The summed E-state index contributed by atoms with van der Waals surface area (Å²) in [7, 11) is 0. The predicted octanol–water partition coefficient (Wildman–Crippen LogP) is 8.15. The highest BCUT2D eigenvalue weighted by molar-refractivity contribution is 9.10. The quantitative estimate of drug-likeness (QED) is 0.273. The first-order chi connectivity index (χ1) is 12.8. The molecule has 5 aromatic rings. The first-order valence-electron chi connectivity index (χ1n) is 8.56. The second-order valence-corrected chi connectivity index (χ2v) is 8.36. The third-order valence-electron chi connectivity index (χ3n) is 4.76. The third-order valence-corrected chi connectivity index (χ3v) is 6.38. The van der Waals surface area contributed by atoms with Gasteiger partial charge in [-0.05, 0) is 46.5 Å². The molecule has 1 aromatic heterocycles. The lowest BCUT2D eigenvalue weighted by Gasteiger charge is -2.11. The molecule has 0 saturated carbocycles. The smallest absolute Gasteiger partial charge is 0.0361 e. The summed E-state index contributed by atoms with van der Waals surface area (Å²) in [6.45, 7) is 0. The van der Waals surface area contributed by atoms with Gasteiger partial charge in [-0.15, -0.1) is 11.3 Å². The molecule has 0 aliphatic rings. The maximum atomic E-state index is 3.63. The molecule has 0 fully saturated rings. The van der Waals surface area contributed by atoms with E-state index in [0.717, 1.165) is 4.47 Å². The lowest BCUT2D eigenvalue weighted by molar-refractivity contribution is 1.57. The van der Waals surface area contributed by atoms with Crippen molar-refractivity contribution in [2.45, 2.75) is 0 Å². The van der Waals surface area contributed by atoms with Crippen LogP contribution in [0.3, 0.4) is 0 Å². The third kappa shape index (κ3) is 2.66. The summed E-state index contributed by atoms with van der Waals surface area (Å²) in [6, 6.07) is 32.6. The van der Waals surface area contributed by atoms with Crippen molar-refractivity contribution in [3.8, 4) is 22.3 Å². The average Bonchev–Trinajstić information content (AvgIpc) is 3.06. The van der Waals surface area contributed by atoms with Gasteiger partial charge in [0.2, 0.25) is 0 Å². The summed E-state index contributed by atoms with van der Waals surface area (Å²) >= 11 is 5.50. The van der Waals surface area contributed by atoms with Gasteiger partial charge in [-0.25, -0.2) is 0 Å². The first kappa shape index (κ1) is 15.8. The molecule has 4 aromatic carbocycles. The van der Waals surface area contributed by atoms with E-state index in [1.165, 1.54) is 42.4 Å². The summed E-state index contributed by atoms with van der Waals surface area (Å²) in [5, 5.41) is 2.69. The van der Waals surface area contributed by atoms with Crippen molar-refractivity contribution in [3.63, 3.8) is 0 Å². The second kappa shape index (κ2) is 6.39. The van der Waals surface area contributed by atoms with Crippen molar-refractivity contribution in [3.05, 3.63) is 95.5 Å². The van der Waals surface area contributed by atoms with Crippen LogP contribution in [0.4, 0.5) is 0 Å². The van der Waals surface area contributed by atoms with Crippen LogP contribution in [0, 0.1) is 0 Å². The Morgan fingerprint density at radius 3 is 2.19 bits per heavy atom. The van der Waals surface area contributed by atoms with Gasteiger partial charge in [-0.2, -0.15) is 0 Å². The summed E-state index contributed by atoms with van der Waals surface area (Å²) in [5.74, 6) is 0. The van der Waals surface area contributed by atoms with E-state index >= 15 is 0 Å². The maximum absolute atomic E-state index is 3.63. The fourth-order valence-corrected chi connectivity index (χ4v) is 5.02. The van der Waals surface area contributed by atoms with E-state index < -0.39 is 0 Å². The largest absolute Gasteiger partial charge is 0.135 e. The van der Waals surface area contributed by atoms with E-state index in [-0.39, 0.29) is 0 Å². The highest BCUT2D eigenvalue weighted by Gasteiger charge is 2.11. The molecule has 0 unspecified atom stereocenters. The molecular weight excluding hydrogens is 400 g/mol. The summed E-state index contributed by atoms with van der Waals surface area (Å²) in [4.78, 5) is 0. The summed E-state index contributed by atoms with van der Waals surface area (Å²) < 4.78 is 3.78. The Balaban J connectivity index is 1.74. The fourth-order valence-electron chi connectivity index (χ4n) is 3.52. The van der Waals surface area contributed by atoms with Gasteiger partial charge in [-0.3, -0.25) is 0 Å². The average molecular weight is 415 g/mol. The van der Waals surface area contributed by atoms with Crippen LogP contribution in [-0.4, -0.2) is 0 Å². The molecule has 0 aliphatic carbocycles. The van der Waals surface area contributed by atoms with E-state index in [0.29, 0.717) is 0 Å². The molecule has 0 atom stereocenters. The van der Waals surface area contributed by atoms with E-state index in [4.69, 9.17) is 0 Å². The Labute approximate surface area is 164 Å². The Hall–Kier alpha value is -2.42. The monoisotopic (exact) mass is 414 g/mol. The van der Waals surface area contributed by atoms with Crippen molar-refractivity contribution in [2.75, 3.05) is 0 Å². The van der Waals surface area contributed by atoms with Crippen molar-refractivity contribution >= 4 is 47.4 Å². The molecule has 124 valence electrons. The molecule has 2 heteroatoms. The van der Waals surface area contributed by atoms with Crippen LogP contribution in [0.5, 0.6) is 0 Å². The summed E-state index contributed by atoms with van der Waals surface area (Å²) in [5.41, 5.74) is 5.01. The molecule has 0 spiro atoms. The normalized spacial score (nSPS) is 11.3. The van der Waals surface area contributed by atoms with Crippen molar-refractivity contribution < 1.29 is 0 Å². The van der Waals surface area contributed by atoms with Crippen LogP contribution in [0.15, 0.2) is 95.5 Å². The number of fused-ring (bicyclic) bond motifs is 3. The molecule has 0 saturated heterocycles. The van der Waals surface area contributed by atoms with E-state index in [1.807, 2.05) is 11.3 Å². The van der Waals surface area contributed by atoms with Gasteiger partial charge in [0.15, 0.2) is 0 Å². The van der Waals surface area contributed by atoms with Gasteiger partial charge in [0.1, 0.15) is 0 Å². The SMILES string of the molecule is Brc1ccc(-c2ccc3c(c2)sc2ccccc23)c(-c2ccccc2)c1. The standard InChI is InChI=1S/C24H15BrS/c25-18-11-13-19(22(15-18)16-6-2-1-3-7-16)17-10-12-21-20-8-4-5-9-23(20)26-24(21)14-17/h1-15H. The molecule has 0 radical (unpaired) electrons. The van der Waals surface area contributed by atoms with Gasteiger partial charge >= 0.3 is 0 Å². The lowest BCUT2D eigenvalue weighted by atomic mass is 9.94. The highest BCUT2D eigenvalue weighted by Crippen LogP contribution is 2.39. The van der Waals surface area contributed by atoms with Crippen LogP contribution in [0.25, 0.3) is 42.4 Å². The van der Waals surface area contributed by atoms with E-state index in [1.54, 1.807) is 0 Å². The number of hydrogen-bond acceptors (Lipinski definition) is 1. The number of halogens is 1. The van der Waals surface area contributed by atoms with Crippen molar-refractivity contribution in [2.24, 2.45) is 0 Å². The molecule has 26 heavy (non-hydrogen) atoms. The molecule has 0 aliphatic heterocycles.